The van der Waals surface area contributed by atoms with Crippen LogP contribution in [0, 0.1) is 5.92 Å². The molecule has 2 amide bonds. The molecule has 2 aliphatic heterocycles. The third kappa shape index (κ3) is 4.34. The molecule has 0 aliphatic carbocycles. The molecule has 29 heavy (non-hydrogen) atoms. The van der Waals surface area contributed by atoms with Crippen LogP contribution >= 0.6 is 0 Å². The Hall–Kier alpha value is -2.29. The van der Waals surface area contributed by atoms with Gasteiger partial charge in [-0.05, 0) is 48.2 Å². The molecule has 7 nitrogen and oxygen atoms in total. The van der Waals surface area contributed by atoms with Gasteiger partial charge in [0, 0.05) is 13.1 Å². The first kappa shape index (κ1) is 20.0. The molecule has 2 saturated heterocycles. The van der Waals surface area contributed by atoms with Crippen molar-refractivity contribution in [3.8, 4) is 0 Å². The Morgan fingerprint density at radius 1 is 1.10 bits per heavy atom. The van der Waals surface area contributed by atoms with Crippen molar-refractivity contribution < 1.29 is 18.0 Å². The summed E-state index contributed by atoms with van der Waals surface area (Å²) < 4.78 is 25.3. The van der Waals surface area contributed by atoms with Crippen molar-refractivity contribution in [1.29, 1.82) is 0 Å². The summed E-state index contributed by atoms with van der Waals surface area (Å²) in [5.41, 5.74) is 0.605. The summed E-state index contributed by atoms with van der Waals surface area (Å²) in [6, 6.07) is 13.0. The van der Waals surface area contributed by atoms with E-state index < -0.39 is 16.1 Å². The quantitative estimate of drug-likeness (QED) is 0.752. The molecule has 0 saturated carbocycles. The molecule has 0 spiro atoms. The highest BCUT2D eigenvalue weighted by Gasteiger charge is 2.43. The number of carbonyl (C=O) groups is 2. The number of piperidine rings is 1. The van der Waals surface area contributed by atoms with E-state index in [0.717, 1.165) is 36.4 Å². The van der Waals surface area contributed by atoms with Crippen LogP contribution in [0.5, 0.6) is 0 Å². The summed E-state index contributed by atoms with van der Waals surface area (Å²) in [6.07, 6.45) is 3.10. The molecule has 2 unspecified atom stereocenters. The predicted molar refractivity (Wildman–Crippen MR) is 112 cm³/mol. The maximum absolute atomic E-state index is 13.1. The van der Waals surface area contributed by atoms with Crippen molar-refractivity contribution in [3.63, 3.8) is 0 Å². The molecule has 2 aromatic rings. The summed E-state index contributed by atoms with van der Waals surface area (Å²) in [4.78, 5) is 29.2. The van der Waals surface area contributed by atoms with Crippen LogP contribution in [0.25, 0.3) is 10.8 Å². The molecule has 2 aromatic carbocycles. The highest BCUT2D eigenvalue weighted by molar-refractivity contribution is 7.88. The molecule has 2 heterocycles. The van der Waals surface area contributed by atoms with Crippen LogP contribution in [0.1, 0.15) is 19.3 Å². The number of sulfonamides is 1. The molecule has 0 radical (unpaired) electrons. The van der Waals surface area contributed by atoms with E-state index in [9.17, 15) is 18.0 Å². The average molecular weight is 416 g/mol. The lowest BCUT2D eigenvalue weighted by molar-refractivity contribution is -0.123. The van der Waals surface area contributed by atoms with Gasteiger partial charge in [-0.1, -0.05) is 30.3 Å². The van der Waals surface area contributed by atoms with Crippen LogP contribution in [-0.4, -0.2) is 57.1 Å². The number of likely N-dealkylation sites (tertiary alicyclic amines) is 1. The smallest absolute Gasteiger partial charge is 0.251 e. The number of hydrogen-bond donors (Lipinski definition) is 1. The number of hydrogen-bond acceptors (Lipinski definition) is 5. The lowest BCUT2D eigenvalue weighted by Crippen LogP contribution is -2.48. The summed E-state index contributed by atoms with van der Waals surface area (Å²) in [7, 11) is -3.24. The minimum atomic E-state index is -3.24. The number of amides is 2. The summed E-state index contributed by atoms with van der Waals surface area (Å²) in [5.74, 6) is -0.246. The molecular formula is C21H25N3O4S. The van der Waals surface area contributed by atoms with E-state index in [0.29, 0.717) is 18.8 Å². The maximum atomic E-state index is 13.1. The average Bonchev–Trinajstić information content (AvgIpc) is 3.00. The van der Waals surface area contributed by atoms with Crippen molar-refractivity contribution in [2.24, 2.45) is 5.92 Å². The van der Waals surface area contributed by atoms with E-state index in [-0.39, 0.29) is 24.2 Å². The van der Waals surface area contributed by atoms with Crippen molar-refractivity contribution in [1.82, 2.24) is 9.62 Å². The van der Waals surface area contributed by atoms with Crippen LogP contribution < -0.4 is 9.62 Å². The van der Waals surface area contributed by atoms with Gasteiger partial charge in [-0.15, -0.1) is 0 Å². The van der Waals surface area contributed by atoms with Crippen molar-refractivity contribution in [2.75, 3.05) is 30.8 Å². The number of nitrogens with one attached hydrogen (secondary N) is 1. The van der Waals surface area contributed by atoms with Crippen molar-refractivity contribution in [3.05, 3.63) is 42.5 Å². The van der Waals surface area contributed by atoms with E-state index in [1.54, 1.807) is 0 Å². The maximum Gasteiger partial charge on any atom is 0.251 e. The van der Waals surface area contributed by atoms with Crippen LogP contribution in [-0.2, 0) is 19.6 Å². The van der Waals surface area contributed by atoms with Gasteiger partial charge in [0.2, 0.25) is 15.9 Å². The molecule has 8 heteroatoms. The molecule has 154 valence electrons. The zero-order valence-corrected chi connectivity index (χ0v) is 17.2. The van der Waals surface area contributed by atoms with Gasteiger partial charge in [-0.3, -0.25) is 14.5 Å². The SMILES string of the molecule is CS(=O)(=O)NCC1CCCN(C2CC(=O)N(c3ccc4ccccc4c3)C2=O)C1. The first-order valence-corrected chi connectivity index (χ1v) is 11.8. The third-order valence-electron chi connectivity index (χ3n) is 5.74. The van der Waals surface area contributed by atoms with Crippen LogP contribution in [0.15, 0.2) is 42.5 Å². The fourth-order valence-electron chi connectivity index (χ4n) is 4.30. The highest BCUT2D eigenvalue weighted by atomic mass is 32.2. The fraction of sp³-hybridized carbons (Fsp3) is 0.429. The summed E-state index contributed by atoms with van der Waals surface area (Å²) >= 11 is 0. The molecule has 0 aromatic heterocycles. The van der Waals surface area contributed by atoms with Crippen molar-refractivity contribution >= 4 is 38.3 Å². The lowest BCUT2D eigenvalue weighted by atomic mass is 9.96. The van der Waals surface area contributed by atoms with Crippen LogP contribution in [0.4, 0.5) is 5.69 Å². The topological polar surface area (TPSA) is 86.8 Å². The van der Waals surface area contributed by atoms with Crippen molar-refractivity contribution in [2.45, 2.75) is 25.3 Å². The number of imide groups is 1. The highest BCUT2D eigenvalue weighted by Crippen LogP contribution is 2.30. The minimum absolute atomic E-state index is 0.135. The largest absolute Gasteiger partial charge is 0.291 e. The second kappa shape index (κ2) is 7.85. The number of carbonyl (C=O) groups excluding carboxylic acids is 2. The van der Waals surface area contributed by atoms with Gasteiger partial charge in [0.05, 0.1) is 24.4 Å². The van der Waals surface area contributed by atoms with Gasteiger partial charge in [-0.2, -0.15) is 0 Å². The van der Waals surface area contributed by atoms with Crippen LogP contribution in [0.3, 0.4) is 0 Å². The van der Waals surface area contributed by atoms with E-state index in [1.165, 1.54) is 4.90 Å². The minimum Gasteiger partial charge on any atom is -0.291 e. The summed E-state index contributed by atoms with van der Waals surface area (Å²) in [5, 5.41) is 2.04. The Morgan fingerprint density at radius 2 is 1.86 bits per heavy atom. The predicted octanol–water partition coefficient (Wildman–Crippen LogP) is 1.73. The zero-order valence-electron chi connectivity index (χ0n) is 16.4. The van der Waals surface area contributed by atoms with E-state index in [4.69, 9.17) is 0 Å². The normalized spacial score (nSPS) is 23.8. The number of nitrogens with zero attached hydrogens (tertiary/aromatic N) is 2. The van der Waals surface area contributed by atoms with E-state index >= 15 is 0 Å². The van der Waals surface area contributed by atoms with E-state index in [1.807, 2.05) is 47.4 Å². The van der Waals surface area contributed by atoms with Gasteiger partial charge in [0.1, 0.15) is 0 Å². The second-order valence-corrected chi connectivity index (χ2v) is 9.78. The van der Waals surface area contributed by atoms with Gasteiger partial charge in [0.15, 0.2) is 0 Å². The van der Waals surface area contributed by atoms with Gasteiger partial charge < -0.3 is 0 Å². The molecule has 4 rings (SSSR count). The third-order valence-corrected chi connectivity index (χ3v) is 6.43. The molecule has 1 N–H and O–H groups in total. The fourth-order valence-corrected chi connectivity index (χ4v) is 4.84. The Balaban J connectivity index is 1.50. The van der Waals surface area contributed by atoms with Crippen LogP contribution in [0.2, 0.25) is 0 Å². The number of rotatable bonds is 5. The molecule has 0 bridgehead atoms. The van der Waals surface area contributed by atoms with Gasteiger partial charge >= 0.3 is 0 Å². The molecular weight excluding hydrogens is 390 g/mol. The Labute approximate surface area is 170 Å². The second-order valence-electron chi connectivity index (χ2n) is 7.94. The monoisotopic (exact) mass is 415 g/mol. The lowest BCUT2D eigenvalue weighted by Gasteiger charge is -2.35. The van der Waals surface area contributed by atoms with Gasteiger partial charge in [-0.25, -0.2) is 18.0 Å². The number of benzene rings is 2. The first-order chi connectivity index (χ1) is 13.8. The number of anilines is 1. The molecule has 2 fully saturated rings. The molecule has 2 atom stereocenters. The standard InChI is InChI=1S/C21H25N3O4S/c1-29(27,28)22-13-15-5-4-10-23(14-15)19-12-20(25)24(21(19)26)18-9-8-16-6-2-3-7-17(16)11-18/h2-3,6-9,11,15,19,22H,4-5,10,12-14H2,1H3. The van der Waals surface area contributed by atoms with Gasteiger partial charge in [0.25, 0.3) is 5.91 Å². The Kier molecular flexibility index (Phi) is 5.42. The molecule has 2 aliphatic rings. The van der Waals surface area contributed by atoms with E-state index in [2.05, 4.69) is 4.72 Å². The first-order valence-electron chi connectivity index (χ1n) is 9.86. The number of fused-ring (bicyclic) bond motifs is 1. The Bertz CT molecular complexity index is 1050. The summed E-state index contributed by atoms with van der Waals surface area (Å²) in [6.45, 7) is 1.71. The Morgan fingerprint density at radius 3 is 2.62 bits per heavy atom. The zero-order chi connectivity index (χ0) is 20.6.